The molecule has 2 saturated heterocycles. The van der Waals surface area contributed by atoms with Crippen LogP contribution in [0.4, 0.5) is 18.9 Å². The second-order valence-electron chi connectivity index (χ2n) is 8.85. The number of aromatic nitrogens is 3. The van der Waals surface area contributed by atoms with Gasteiger partial charge in [-0.2, -0.15) is 18.4 Å². The van der Waals surface area contributed by atoms with Crippen molar-refractivity contribution in [3.8, 4) is 6.07 Å². The summed E-state index contributed by atoms with van der Waals surface area (Å²) < 4.78 is 54.6. The van der Waals surface area contributed by atoms with Gasteiger partial charge in [-0.25, -0.2) is 0 Å². The molecular weight excluding hydrogens is 437 g/mol. The topological polar surface area (TPSA) is 100 Å². The Balaban J connectivity index is 1.40. The van der Waals surface area contributed by atoms with Crippen LogP contribution >= 0.6 is 0 Å². The van der Waals surface area contributed by atoms with Gasteiger partial charge in [0.25, 0.3) is 0 Å². The summed E-state index contributed by atoms with van der Waals surface area (Å²) in [5.74, 6) is 0.198. The molecule has 170 valence electrons. The molecule has 8 nitrogen and oxygen atoms in total. The summed E-state index contributed by atoms with van der Waals surface area (Å²) in [5, 5.41) is 21.3. The molecule has 11 heteroatoms. The number of ether oxygens (including phenoxy) is 1. The third kappa shape index (κ3) is 2.80. The number of hydrogen-bond donors (Lipinski definition) is 1. The summed E-state index contributed by atoms with van der Waals surface area (Å²) in [5.41, 5.74) is -1.84. The second kappa shape index (κ2) is 6.88. The van der Waals surface area contributed by atoms with E-state index in [2.05, 4.69) is 26.6 Å². The van der Waals surface area contributed by atoms with Crippen LogP contribution in [0, 0.1) is 16.7 Å². The van der Waals surface area contributed by atoms with Crippen molar-refractivity contribution >= 4 is 16.6 Å². The lowest BCUT2D eigenvalue weighted by Crippen LogP contribution is -2.34. The SMILES string of the molecule is N#Cc1ccc(N2C[C@]3(c4nnc([C@@H]5CNCCO5)o4)C[C@]3(C(F)(F)F)C2)c2cccnc12. The molecule has 0 amide bonds. The number of fused-ring (bicyclic) bond motifs is 2. The summed E-state index contributed by atoms with van der Waals surface area (Å²) >= 11 is 0. The summed E-state index contributed by atoms with van der Waals surface area (Å²) in [6.07, 6.45) is -3.45. The predicted molar refractivity (Wildman–Crippen MR) is 109 cm³/mol. The summed E-state index contributed by atoms with van der Waals surface area (Å²) in [4.78, 5) is 5.98. The number of nitrogens with one attached hydrogen (secondary N) is 1. The van der Waals surface area contributed by atoms with Gasteiger partial charge in [-0.1, -0.05) is 0 Å². The average molecular weight is 456 g/mol. The fraction of sp³-hybridized carbons (Fsp3) is 0.455. The number of nitriles is 1. The molecule has 0 unspecified atom stereocenters. The van der Waals surface area contributed by atoms with Crippen molar-refractivity contribution in [1.29, 1.82) is 5.26 Å². The van der Waals surface area contributed by atoms with E-state index < -0.39 is 23.1 Å². The quantitative estimate of drug-likeness (QED) is 0.642. The van der Waals surface area contributed by atoms with Gasteiger partial charge in [0.05, 0.1) is 23.1 Å². The van der Waals surface area contributed by atoms with E-state index >= 15 is 0 Å². The van der Waals surface area contributed by atoms with Crippen LogP contribution in [-0.4, -0.2) is 54.1 Å². The Morgan fingerprint density at radius 3 is 2.85 bits per heavy atom. The number of benzene rings is 1. The highest BCUT2D eigenvalue weighted by Gasteiger charge is 2.86. The van der Waals surface area contributed by atoms with Crippen LogP contribution in [0.25, 0.3) is 10.9 Å². The Morgan fingerprint density at radius 1 is 1.21 bits per heavy atom. The summed E-state index contributed by atoms with van der Waals surface area (Å²) in [7, 11) is 0. The Morgan fingerprint density at radius 2 is 2.09 bits per heavy atom. The van der Waals surface area contributed by atoms with Crippen molar-refractivity contribution in [3.63, 3.8) is 0 Å². The number of rotatable bonds is 3. The molecule has 1 saturated carbocycles. The molecule has 3 aromatic rings. The number of hydrogen-bond acceptors (Lipinski definition) is 8. The minimum absolute atomic E-state index is 0.00238. The summed E-state index contributed by atoms with van der Waals surface area (Å²) in [6.45, 7) is 1.48. The van der Waals surface area contributed by atoms with E-state index in [9.17, 15) is 18.4 Å². The van der Waals surface area contributed by atoms with Crippen molar-refractivity contribution in [2.75, 3.05) is 37.7 Å². The molecule has 0 bridgehead atoms. The summed E-state index contributed by atoms with van der Waals surface area (Å²) in [6, 6.07) is 8.86. The number of pyridine rings is 1. The van der Waals surface area contributed by atoms with Crippen LogP contribution in [0.2, 0.25) is 0 Å². The molecule has 0 radical (unpaired) electrons. The predicted octanol–water partition coefficient (Wildman–Crippen LogP) is 2.86. The van der Waals surface area contributed by atoms with Gasteiger partial charge in [0, 0.05) is 43.4 Å². The molecule has 1 aromatic carbocycles. The minimum atomic E-state index is -4.44. The maximum Gasteiger partial charge on any atom is 0.397 e. The fourth-order valence-electron chi connectivity index (χ4n) is 5.38. The maximum atomic E-state index is 14.4. The van der Waals surface area contributed by atoms with Gasteiger partial charge in [-0.3, -0.25) is 4.98 Å². The monoisotopic (exact) mass is 456 g/mol. The molecular formula is C22H19F3N6O2. The van der Waals surface area contributed by atoms with Crippen molar-refractivity contribution < 1.29 is 22.3 Å². The molecule has 0 spiro atoms. The lowest BCUT2D eigenvalue weighted by atomic mass is 9.95. The third-order valence-electron chi connectivity index (χ3n) is 7.12. The molecule has 3 aliphatic rings. The molecule has 1 aliphatic carbocycles. The van der Waals surface area contributed by atoms with Crippen LogP contribution < -0.4 is 10.2 Å². The molecule has 1 N–H and O–H groups in total. The zero-order valence-corrected chi connectivity index (χ0v) is 17.4. The lowest BCUT2D eigenvalue weighted by Gasteiger charge is -2.25. The van der Waals surface area contributed by atoms with Crippen molar-refractivity contribution in [2.45, 2.75) is 24.1 Å². The number of anilines is 1. The van der Waals surface area contributed by atoms with Gasteiger partial charge in [0.2, 0.25) is 11.8 Å². The maximum absolute atomic E-state index is 14.4. The van der Waals surface area contributed by atoms with Crippen molar-refractivity contribution in [2.24, 2.45) is 5.41 Å². The first-order valence-corrected chi connectivity index (χ1v) is 10.6. The van der Waals surface area contributed by atoms with Gasteiger partial charge < -0.3 is 19.4 Å². The Hall–Kier alpha value is -3.23. The molecule has 3 fully saturated rings. The van der Waals surface area contributed by atoms with Gasteiger partial charge in [-0.05, 0) is 30.7 Å². The van der Waals surface area contributed by atoms with E-state index in [0.29, 0.717) is 41.9 Å². The largest absolute Gasteiger partial charge is 0.422 e. The first kappa shape index (κ1) is 20.4. The van der Waals surface area contributed by atoms with Gasteiger partial charge in [0.15, 0.2) is 0 Å². The number of morpholine rings is 1. The zero-order chi connectivity index (χ0) is 22.8. The van der Waals surface area contributed by atoms with Gasteiger partial charge >= 0.3 is 6.18 Å². The molecule has 33 heavy (non-hydrogen) atoms. The van der Waals surface area contributed by atoms with Crippen molar-refractivity contribution in [1.82, 2.24) is 20.5 Å². The first-order valence-electron chi connectivity index (χ1n) is 10.6. The van der Waals surface area contributed by atoms with Crippen LogP contribution in [0.1, 0.15) is 29.9 Å². The van der Waals surface area contributed by atoms with E-state index in [4.69, 9.17) is 9.15 Å². The Bertz CT molecular complexity index is 1280. The van der Waals surface area contributed by atoms with Gasteiger partial charge in [0.1, 0.15) is 17.6 Å². The highest BCUT2D eigenvalue weighted by Crippen LogP contribution is 2.75. The highest BCUT2D eigenvalue weighted by atomic mass is 19.4. The lowest BCUT2D eigenvalue weighted by molar-refractivity contribution is -0.187. The molecule has 2 aliphatic heterocycles. The molecule has 2 aromatic heterocycles. The van der Waals surface area contributed by atoms with Crippen LogP contribution in [0.5, 0.6) is 0 Å². The fourth-order valence-corrected chi connectivity index (χ4v) is 5.38. The van der Waals surface area contributed by atoms with E-state index in [-0.39, 0.29) is 31.3 Å². The second-order valence-corrected chi connectivity index (χ2v) is 8.85. The molecule has 4 heterocycles. The zero-order valence-electron chi connectivity index (χ0n) is 17.4. The highest BCUT2D eigenvalue weighted by molar-refractivity contribution is 5.95. The van der Waals surface area contributed by atoms with E-state index in [1.54, 1.807) is 35.4 Å². The van der Waals surface area contributed by atoms with Crippen LogP contribution in [-0.2, 0) is 10.2 Å². The third-order valence-corrected chi connectivity index (χ3v) is 7.12. The smallest absolute Gasteiger partial charge is 0.397 e. The normalized spacial score (nSPS) is 29.2. The van der Waals surface area contributed by atoms with E-state index in [1.165, 1.54) is 0 Å². The van der Waals surface area contributed by atoms with Crippen LogP contribution in [0.15, 0.2) is 34.9 Å². The van der Waals surface area contributed by atoms with E-state index in [1.807, 2.05) is 0 Å². The molecule has 3 atom stereocenters. The number of piperidine rings is 1. The first-order chi connectivity index (χ1) is 15.9. The Labute approximate surface area is 186 Å². The molecule has 6 rings (SSSR count). The Kier molecular flexibility index (Phi) is 4.25. The van der Waals surface area contributed by atoms with Crippen LogP contribution in [0.3, 0.4) is 0 Å². The van der Waals surface area contributed by atoms with E-state index in [0.717, 1.165) is 0 Å². The number of alkyl halides is 3. The minimum Gasteiger partial charge on any atom is -0.422 e. The number of nitrogens with zero attached hydrogens (tertiary/aromatic N) is 5. The van der Waals surface area contributed by atoms with Crippen molar-refractivity contribution in [3.05, 3.63) is 47.8 Å². The van der Waals surface area contributed by atoms with Gasteiger partial charge in [-0.15, -0.1) is 10.2 Å². The average Bonchev–Trinajstić information content (AvgIpc) is 3.15. The standard InChI is InChI=1S/C22H19F3N6O2/c23-22(24,25)21-10-20(21,19-30-29-18(33-19)16-9-27-6-7-32-16)11-31(12-21)15-4-3-13(8-26)17-14(15)2-1-5-28-17/h1-5,16,27H,6-7,9-12H2/t16-,20-,21-/m0/s1. The number of halogens is 3.